The Balaban J connectivity index is 1.60. The molecule has 2 N–H and O–H groups in total. The van der Waals surface area contributed by atoms with Crippen molar-refractivity contribution in [2.75, 3.05) is 19.6 Å². The first-order chi connectivity index (χ1) is 11.2. The third-order valence-corrected chi connectivity index (χ3v) is 5.01. The predicted octanol–water partition coefficient (Wildman–Crippen LogP) is 1.89. The van der Waals surface area contributed by atoms with E-state index < -0.39 is 0 Å². The van der Waals surface area contributed by atoms with E-state index in [0.717, 1.165) is 31.6 Å². The van der Waals surface area contributed by atoms with E-state index in [0.29, 0.717) is 6.54 Å². The third-order valence-electron chi connectivity index (χ3n) is 5.01. The molecule has 1 aliphatic carbocycles. The summed E-state index contributed by atoms with van der Waals surface area (Å²) >= 11 is 0. The highest BCUT2D eigenvalue weighted by atomic mass is 16.3. The Morgan fingerprint density at radius 1 is 1.26 bits per heavy atom. The number of carbonyl (C=O) groups is 1. The molecule has 2 aliphatic rings. The average molecular weight is 317 g/mol. The van der Waals surface area contributed by atoms with E-state index in [9.17, 15) is 9.90 Å². The lowest BCUT2D eigenvalue weighted by Crippen LogP contribution is -2.45. The first-order valence-corrected chi connectivity index (χ1v) is 8.83. The summed E-state index contributed by atoms with van der Waals surface area (Å²) in [4.78, 5) is 19.2. The highest BCUT2D eigenvalue weighted by Gasteiger charge is 2.36. The summed E-state index contributed by atoms with van der Waals surface area (Å²) in [7, 11) is 0. The maximum Gasteiger partial charge on any atom is 0.234 e. The number of likely N-dealkylation sites (tertiary alicyclic amines) is 1. The molecule has 0 spiro atoms. The Morgan fingerprint density at radius 3 is 2.61 bits per heavy atom. The molecule has 5 nitrogen and oxygen atoms in total. The molecule has 1 atom stereocenters. The largest absolute Gasteiger partial charge is 0.393 e. The topological polar surface area (TPSA) is 65.5 Å². The van der Waals surface area contributed by atoms with E-state index in [-0.39, 0.29) is 24.0 Å². The Bertz CT molecular complexity index is 494. The summed E-state index contributed by atoms with van der Waals surface area (Å²) in [6.45, 7) is 2.51. The lowest BCUT2D eigenvalue weighted by molar-refractivity contribution is -0.124. The Hall–Kier alpha value is -1.46. The smallest absolute Gasteiger partial charge is 0.234 e. The van der Waals surface area contributed by atoms with Gasteiger partial charge < -0.3 is 10.4 Å². The second kappa shape index (κ2) is 7.88. The molecule has 1 amide bonds. The van der Waals surface area contributed by atoms with Crippen LogP contribution in [0.2, 0.25) is 0 Å². The van der Waals surface area contributed by atoms with Crippen LogP contribution < -0.4 is 5.32 Å². The molecule has 1 saturated carbocycles. The van der Waals surface area contributed by atoms with Crippen molar-refractivity contribution in [1.82, 2.24) is 15.2 Å². The van der Waals surface area contributed by atoms with Crippen LogP contribution in [0.15, 0.2) is 24.4 Å². The Morgan fingerprint density at radius 2 is 2.00 bits per heavy atom. The highest BCUT2D eigenvalue weighted by molar-refractivity contribution is 5.78. The van der Waals surface area contributed by atoms with Crippen LogP contribution >= 0.6 is 0 Å². The molecule has 3 rings (SSSR count). The molecule has 1 aromatic rings. The van der Waals surface area contributed by atoms with Gasteiger partial charge in [-0.2, -0.15) is 0 Å². The first kappa shape index (κ1) is 16.4. The fraction of sp³-hybridized carbons (Fsp3) is 0.667. The molecule has 23 heavy (non-hydrogen) atoms. The van der Waals surface area contributed by atoms with E-state index in [1.165, 1.54) is 25.7 Å². The van der Waals surface area contributed by atoms with Gasteiger partial charge in [0.2, 0.25) is 5.91 Å². The predicted molar refractivity (Wildman–Crippen MR) is 88.8 cm³/mol. The zero-order valence-electron chi connectivity index (χ0n) is 13.7. The van der Waals surface area contributed by atoms with Gasteiger partial charge >= 0.3 is 0 Å². The van der Waals surface area contributed by atoms with E-state index in [1.807, 2.05) is 18.2 Å². The van der Waals surface area contributed by atoms with Crippen LogP contribution in [0.25, 0.3) is 0 Å². The minimum atomic E-state index is -0.228. The van der Waals surface area contributed by atoms with Gasteiger partial charge in [-0.05, 0) is 56.8 Å². The van der Waals surface area contributed by atoms with Gasteiger partial charge in [-0.1, -0.05) is 18.9 Å². The van der Waals surface area contributed by atoms with Crippen molar-refractivity contribution in [1.29, 1.82) is 0 Å². The standard InChI is InChI=1S/C18H27N3O2/c22-15-11-14(12-15)18(16-7-3-4-8-19-16)20-17(23)13-21-9-5-1-2-6-10-21/h3-4,7-8,14-15,18,22H,1-2,5-6,9-13H2,(H,20,23)/t14?,15?,18-/m1/s1. The molecule has 0 unspecified atom stereocenters. The highest BCUT2D eigenvalue weighted by Crippen LogP contribution is 2.37. The maximum absolute atomic E-state index is 12.5. The van der Waals surface area contributed by atoms with E-state index in [2.05, 4.69) is 15.2 Å². The maximum atomic E-state index is 12.5. The summed E-state index contributed by atoms with van der Waals surface area (Å²) < 4.78 is 0. The quantitative estimate of drug-likeness (QED) is 0.870. The lowest BCUT2D eigenvalue weighted by atomic mass is 9.76. The number of hydrogen-bond acceptors (Lipinski definition) is 4. The number of amides is 1. The molecule has 5 heteroatoms. The number of carbonyl (C=O) groups excluding carboxylic acids is 1. The molecule has 1 aliphatic heterocycles. The Kier molecular flexibility index (Phi) is 5.62. The van der Waals surface area contributed by atoms with Crippen molar-refractivity contribution < 1.29 is 9.90 Å². The number of aliphatic hydroxyl groups excluding tert-OH is 1. The van der Waals surface area contributed by atoms with Gasteiger partial charge in [0.1, 0.15) is 0 Å². The molecule has 0 bridgehead atoms. The molecule has 0 aromatic carbocycles. The third kappa shape index (κ3) is 4.52. The van der Waals surface area contributed by atoms with Crippen LogP contribution in [0.3, 0.4) is 0 Å². The minimum absolute atomic E-state index is 0.0731. The van der Waals surface area contributed by atoms with Crippen molar-refractivity contribution in [2.45, 2.75) is 50.7 Å². The van der Waals surface area contributed by atoms with Crippen LogP contribution in [0.4, 0.5) is 0 Å². The van der Waals surface area contributed by atoms with Gasteiger partial charge in [-0.25, -0.2) is 0 Å². The normalized spacial score (nSPS) is 26.8. The van der Waals surface area contributed by atoms with Crippen LogP contribution in [0.1, 0.15) is 50.3 Å². The number of nitrogens with zero attached hydrogens (tertiary/aromatic N) is 2. The number of aromatic nitrogens is 1. The number of rotatable bonds is 5. The van der Waals surface area contributed by atoms with Crippen molar-refractivity contribution in [2.24, 2.45) is 5.92 Å². The number of aliphatic hydroxyl groups is 1. The van der Waals surface area contributed by atoms with Gasteiger partial charge in [0, 0.05) is 6.20 Å². The number of nitrogens with one attached hydrogen (secondary N) is 1. The first-order valence-electron chi connectivity index (χ1n) is 8.83. The van der Waals surface area contributed by atoms with E-state index in [1.54, 1.807) is 6.20 Å². The van der Waals surface area contributed by atoms with Crippen LogP contribution in [0.5, 0.6) is 0 Å². The molecule has 2 fully saturated rings. The molecular formula is C18H27N3O2. The van der Waals surface area contributed by atoms with E-state index in [4.69, 9.17) is 0 Å². The van der Waals surface area contributed by atoms with Crippen molar-refractivity contribution >= 4 is 5.91 Å². The van der Waals surface area contributed by atoms with Crippen molar-refractivity contribution in [3.05, 3.63) is 30.1 Å². The molecular weight excluding hydrogens is 290 g/mol. The van der Waals surface area contributed by atoms with E-state index >= 15 is 0 Å². The summed E-state index contributed by atoms with van der Waals surface area (Å²) in [6.07, 6.45) is 7.93. The van der Waals surface area contributed by atoms with Crippen LogP contribution in [-0.4, -0.2) is 46.6 Å². The van der Waals surface area contributed by atoms with Gasteiger partial charge in [0.15, 0.2) is 0 Å². The summed E-state index contributed by atoms with van der Waals surface area (Å²) in [5.74, 6) is 0.358. The summed E-state index contributed by atoms with van der Waals surface area (Å²) in [6, 6.07) is 5.71. The summed E-state index contributed by atoms with van der Waals surface area (Å²) in [5, 5.41) is 12.8. The van der Waals surface area contributed by atoms with Crippen molar-refractivity contribution in [3.63, 3.8) is 0 Å². The zero-order valence-corrected chi connectivity index (χ0v) is 13.7. The van der Waals surface area contributed by atoms with Gasteiger partial charge in [-0.3, -0.25) is 14.7 Å². The fourth-order valence-electron chi connectivity index (χ4n) is 3.61. The SMILES string of the molecule is O=C(CN1CCCCCC1)N[C@@H](c1ccccn1)C1CC(O)C1. The molecule has 2 heterocycles. The lowest BCUT2D eigenvalue weighted by Gasteiger charge is -2.38. The molecule has 0 radical (unpaired) electrons. The average Bonchev–Trinajstić information content (AvgIpc) is 2.79. The zero-order chi connectivity index (χ0) is 16.1. The number of hydrogen-bond donors (Lipinski definition) is 2. The Labute approximate surface area is 138 Å². The molecule has 1 aromatic heterocycles. The molecule has 1 saturated heterocycles. The fourth-order valence-corrected chi connectivity index (χ4v) is 3.61. The van der Waals surface area contributed by atoms with Crippen LogP contribution in [0, 0.1) is 5.92 Å². The van der Waals surface area contributed by atoms with Crippen molar-refractivity contribution in [3.8, 4) is 0 Å². The minimum Gasteiger partial charge on any atom is -0.393 e. The molecule has 126 valence electrons. The van der Waals surface area contributed by atoms with Gasteiger partial charge in [0.05, 0.1) is 24.4 Å². The van der Waals surface area contributed by atoms with Gasteiger partial charge in [0.25, 0.3) is 0 Å². The van der Waals surface area contributed by atoms with Gasteiger partial charge in [-0.15, -0.1) is 0 Å². The monoisotopic (exact) mass is 317 g/mol. The second-order valence-corrected chi connectivity index (χ2v) is 6.88. The van der Waals surface area contributed by atoms with Crippen LogP contribution in [-0.2, 0) is 4.79 Å². The summed E-state index contributed by atoms with van der Waals surface area (Å²) in [5.41, 5.74) is 0.897. The second-order valence-electron chi connectivity index (χ2n) is 6.88. The number of pyridine rings is 1.